The molecule has 3 nitrogen and oxygen atoms in total. The van der Waals surface area contributed by atoms with Crippen LogP contribution in [0.1, 0.15) is 22.8 Å². The minimum atomic E-state index is -0.557. The maximum atomic E-state index is 10.3. The molecule has 2 N–H and O–H groups in total. The SMILES string of the molecule is COc1ccc(C(O)CNc2c(C)cc(Br)cc2C)cc1. The molecule has 0 bridgehead atoms. The van der Waals surface area contributed by atoms with Crippen molar-refractivity contribution in [1.82, 2.24) is 0 Å². The molecule has 0 radical (unpaired) electrons. The van der Waals surface area contributed by atoms with Crippen LogP contribution in [0.15, 0.2) is 40.9 Å². The first kappa shape index (κ1) is 15.9. The summed E-state index contributed by atoms with van der Waals surface area (Å²) in [7, 11) is 1.63. The highest BCUT2D eigenvalue weighted by Gasteiger charge is 2.10. The van der Waals surface area contributed by atoms with Gasteiger partial charge in [-0.1, -0.05) is 28.1 Å². The van der Waals surface area contributed by atoms with E-state index in [0.717, 1.165) is 32.6 Å². The minimum absolute atomic E-state index is 0.468. The second-order valence-corrected chi connectivity index (χ2v) is 6.00. The van der Waals surface area contributed by atoms with E-state index < -0.39 is 6.10 Å². The Hall–Kier alpha value is -1.52. The van der Waals surface area contributed by atoms with Gasteiger partial charge in [-0.15, -0.1) is 0 Å². The van der Waals surface area contributed by atoms with Crippen molar-refractivity contribution in [3.05, 3.63) is 57.6 Å². The molecule has 2 rings (SSSR count). The number of anilines is 1. The topological polar surface area (TPSA) is 41.5 Å². The number of methoxy groups -OCH3 is 1. The molecule has 0 aliphatic heterocycles. The number of benzene rings is 2. The Balaban J connectivity index is 2.05. The molecular weight excluding hydrogens is 330 g/mol. The zero-order valence-corrected chi connectivity index (χ0v) is 14.1. The number of halogens is 1. The van der Waals surface area contributed by atoms with Crippen LogP contribution in [-0.2, 0) is 0 Å². The van der Waals surface area contributed by atoms with Crippen molar-refractivity contribution in [2.45, 2.75) is 20.0 Å². The molecule has 0 fully saturated rings. The summed E-state index contributed by atoms with van der Waals surface area (Å²) in [5, 5.41) is 13.6. The molecule has 0 saturated heterocycles. The van der Waals surface area contributed by atoms with Crippen molar-refractivity contribution in [2.75, 3.05) is 19.0 Å². The van der Waals surface area contributed by atoms with E-state index in [2.05, 4.69) is 47.2 Å². The van der Waals surface area contributed by atoms with Gasteiger partial charge in [-0.3, -0.25) is 0 Å². The Morgan fingerprint density at radius 1 is 1.14 bits per heavy atom. The second-order valence-electron chi connectivity index (χ2n) is 5.08. The van der Waals surface area contributed by atoms with E-state index in [9.17, 15) is 5.11 Å². The average Bonchev–Trinajstić information content (AvgIpc) is 2.46. The van der Waals surface area contributed by atoms with Gasteiger partial charge in [-0.25, -0.2) is 0 Å². The zero-order chi connectivity index (χ0) is 15.4. The number of aryl methyl sites for hydroxylation is 2. The van der Waals surface area contributed by atoms with Crippen molar-refractivity contribution >= 4 is 21.6 Å². The molecule has 1 unspecified atom stereocenters. The van der Waals surface area contributed by atoms with Crippen LogP contribution in [0.5, 0.6) is 5.75 Å². The highest BCUT2D eigenvalue weighted by Crippen LogP contribution is 2.26. The van der Waals surface area contributed by atoms with Crippen LogP contribution in [-0.4, -0.2) is 18.8 Å². The van der Waals surface area contributed by atoms with E-state index in [-0.39, 0.29) is 0 Å². The third-order valence-electron chi connectivity index (χ3n) is 3.47. The molecule has 2 aromatic carbocycles. The van der Waals surface area contributed by atoms with Crippen molar-refractivity contribution in [3.63, 3.8) is 0 Å². The summed E-state index contributed by atoms with van der Waals surface area (Å²) >= 11 is 3.49. The third kappa shape index (κ3) is 3.99. The molecule has 0 spiro atoms. The van der Waals surface area contributed by atoms with E-state index in [4.69, 9.17) is 4.74 Å². The number of rotatable bonds is 5. The molecule has 0 saturated carbocycles. The lowest BCUT2D eigenvalue weighted by atomic mass is 10.1. The zero-order valence-electron chi connectivity index (χ0n) is 12.5. The van der Waals surface area contributed by atoms with Crippen LogP contribution in [0.3, 0.4) is 0 Å². The summed E-state index contributed by atoms with van der Waals surface area (Å²) in [6, 6.07) is 11.6. The fourth-order valence-corrected chi connectivity index (χ4v) is 3.02. The summed E-state index contributed by atoms with van der Waals surface area (Å²) in [5.74, 6) is 0.790. The predicted octanol–water partition coefficient (Wildman–Crippen LogP) is 4.22. The van der Waals surface area contributed by atoms with Crippen LogP contribution in [0.2, 0.25) is 0 Å². The first-order valence-electron chi connectivity index (χ1n) is 6.84. The summed E-state index contributed by atoms with van der Waals surface area (Å²) in [6.45, 7) is 4.58. The van der Waals surface area contributed by atoms with E-state index in [1.807, 2.05) is 24.3 Å². The predicted molar refractivity (Wildman–Crippen MR) is 90.1 cm³/mol. The third-order valence-corrected chi connectivity index (χ3v) is 3.93. The maximum Gasteiger partial charge on any atom is 0.118 e. The van der Waals surface area contributed by atoms with Gasteiger partial charge in [0.05, 0.1) is 13.2 Å². The monoisotopic (exact) mass is 349 g/mol. The summed E-state index contributed by atoms with van der Waals surface area (Å²) < 4.78 is 6.19. The van der Waals surface area contributed by atoms with Gasteiger partial charge in [0, 0.05) is 16.7 Å². The van der Waals surface area contributed by atoms with Gasteiger partial charge >= 0.3 is 0 Å². The number of aliphatic hydroxyl groups is 1. The first-order chi connectivity index (χ1) is 10.0. The van der Waals surface area contributed by atoms with Gasteiger partial charge in [0.15, 0.2) is 0 Å². The van der Waals surface area contributed by atoms with Crippen molar-refractivity contribution in [3.8, 4) is 5.75 Å². The van der Waals surface area contributed by atoms with Gasteiger partial charge in [0.25, 0.3) is 0 Å². The molecule has 0 aliphatic carbocycles. The van der Waals surface area contributed by atoms with Crippen LogP contribution in [0.25, 0.3) is 0 Å². The molecular formula is C17H20BrNO2. The Kier molecular flexibility index (Phi) is 5.26. The van der Waals surface area contributed by atoms with Crippen molar-refractivity contribution in [2.24, 2.45) is 0 Å². The molecule has 112 valence electrons. The molecule has 0 heterocycles. The smallest absolute Gasteiger partial charge is 0.118 e. The van der Waals surface area contributed by atoms with Crippen molar-refractivity contribution < 1.29 is 9.84 Å². The van der Waals surface area contributed by atoms with Gasteiger partial charge in [-0.2, -0.15) is 0 Å². The van der Waals surface area contributed by atoms with E-state index in [1.165, 1.54) is 0 Å². The normalized spacial score (nSPS) is 12.0. The summed E-state index contributed by atoms with van der Waals surface area (Å²) in [5.41, 5.74) is 4.26. The van der Waals surface area contributed by atoms with Crippen LogP contribution in [0.4, 0.5) is 5.69 Å². The fourth-order valence-electron chi connectivity index (χ4n) is 2.33. The highest BCUT2D eigenvalue weighted by atomic mass is 79.9. The Bertz CT molecular complexity index is 588. The van der Waals surface area contributed by atoms with Crippen LogP contribution < -0.4 is 10.1 Å². The lowest BCUT2D eigenvalue weighted by Crippen LogP contribution is -2.13. The molecule has 1 atom stereocenters. The minimum Gasteiger partial charge on any atom is -0.497 e. The fraction of sp³-hybridized carbons (Fsp3) is 0.294. The molecule has 0 amide bonds. The number of ether oxygens (including phenoxy) is 1. The van der Waals surface area contributed by atoms with E-state index in [0.29, 0.717) is 6.54 Å². The number of hydrogen-bond acceptors (Lipinski definition) is 3. The highest BCUT2D eigenvalue weighted by molar-refractivity contribution is 9.10. The molecule has 21 heavy (non-hydrogen) atoms. The molecule has 0 aliphatic rings. The Morgan fingerprint density at radius 3 is 2.24 bits per heavy atom. The molecule has 0 aromatic heterocycles. The maximum absolute atomic E-state index is 10.3. The van der Waals surface area contributed by atoms with Gasteiger partial charge < -0.3 is 15.2 Å². The summed E-state index contributed by atoms with van der Waals surface area (Å²) in [4.78, 5) is 0. The number of aliphatic hydroxyl groups excluding tert-OH is 1. The standard InChI is InChI=1S/C17H20BrNO2/c1-11-8-14(18)9-12(2)17(11)19-10-16(20)13-4-6-15(21-3)7-5-13/h4-9,16,19-20H,10H2,1-3H3. The van der Waals surface area contributed by atoms with Gasteiger partial charge in [-0.05, 0) is 54.8 Å². The first-order valence-corrected chi connectivity index (χ1v) is 7.63. The Morgan fingerprint density at radius 2 is 1.71 bits per heavy atom. The van der Waals surface area contributed by atoms with Crippen LogP contribution >= 0.6 is 15.9 Å². The lowest BCUT2D eigenvalue weighted by Gasteiger charge is -2.17. The van der Waals surface area contributed by atoms with Gasteiger partial charge in [0.1, 0.15) is 5.75 Å². The Labute approximate surface area is 134 Å². The average molecular weight is 350 g/mol. The number of hydrogen-bond donors (Lipinski definition) is 2. The molecule has 4 heteroatoms. The molecule has 2 aromatic rings. The van der Waals surface area contributed by atoms with E-state index >= 15 is 0 Å². The van der Waals surface area contributed by atoms with Crippen molar-refractivity contribution in [1.29, 1.82) is 0 Å². The largest absolute Gasteiger partial charge is 0.497 e. The number of nitrogens with one attached hydrogen (secondary N) is 1. The van der Waals surface area contributed by atoms with Gasteiger partial charge in [0.2, 0.25) is 0 Å². The second kappa shape index (κ2) is 6.96. The van der Waals surface area contributed by atoms with E-state index in [1.54, 1.807) is 7.11 Å². The quantitative estimate of drug-likeness (QED) is 0.848. The lowest BCUT2D eigenvalue weighted by molar-refractivity contribution is 0.191. The van der Waals surface area contributed by atoms with Crippen LogP contribution in [0, 0.1) is 13.8 Å². The summed E-state index contributed by atoms with van der Waals surface area (Å²) in [6.07, 6.45) is -0.557.